The van der Waals surface area contributed by atoms with Crippen molar-refractivity contribution >= 4 is 27.1 Å². The van der Waals surface area contributed by atoms with E-state index in [0.29, 0.717) is 6.42 Å². The van der Waals surface area contributed by atoms with Gasteiger partial charge in [-0.15, -0.1) is 11.3 Å². The lowest BCUT2D eigenvalue weighted by atomic mass is 10.2. The van der Waals surface area contributed by atoms with Gasteiger partial charge in [-0.3, -0.25) is 0 Å². The zero-order valence-corrected chi connectivity index (χ0v) is 12.0. The number of hydrogen-bond donors (Lipinski definition) is 1. The molecule has 0 unspecified atom stereocenters. The van der Waals surface area contributed by atoms with E-state index in [0.717, 1.165) is 10.6 Å². The third-order valence-corrected chi connectivity index (χ3v) is 4.64. The molecule has 1 aromatic heterocycles. The van der Waals surface area contributed by atoms with Crippen molar-refractivity contribution in [2.24, 2.45) is 5.10 Å². The van der Waals surface area contributed by atoms with Crippen LogP contribution in [-0.4, -0.2) is 14.1 Å². The smallest absolute Gasteiger partial charge is 0.200 e. The Morgan fingerprint density at radius 1 is 1.21 bits per heavy atom. The van der Waals surface area contributed by atoms with Crippen LogP contribution in [0.5, 0.6) is 0 Å². The Balaban J connectivity index is 2.22. The number of hydrazone groups is 1. The summed E-state index contributed by atoms with van der Waals surface area (Å²) in [6.07, 6.45) is 0.665. The Bertz CT molecular complexity index is 647. The first kappa shape index (κ1) is 13.8. The minimum Gasteiger partial charge on any atom is -0.200 e. The number of nitrogens with one attached hydrogen (secondary N) is 1. The van der Waals surface area contributed by atoms with E-state index in [1.54, 1.807) is 18.2 Å². The van der Waals surface area contributed by atoms with Crippen LogP contribution in [0.4, 0.5) is 0 Å². The molecular weight excluding hydrogens is 280 g/mol. The Morgan fingerprint density at radius 2 is 1.95 bits per heavy atom. The van der Waals surface area contributed by atoms with Crippen molar-refractivity contribution in [2.75, 3.05) is 0 Å². The predicted molar refractivity (Wildman–Crippen MR) is 77.9 cm³/mol. The van der Waals surface area contributed by atoms with Crippen LogP contribution >= 0.6 is 11.3 Å². The fourth-order valence-electron chi connectivity index (χ4n) is 1.52. The molecule has 0 saturated carbocycles. The number of benzene rings is 1. The largest absolute Gasteiger partial charge is 0.276 e. The molecule has 0 radical (unpaired) electrons. The quantitative estimate of drug-likeness (QED) is 0.681. The molecule has 0 atom stereocenters. The van der Waals surface area contributed by atoms with E-state index < -0.39 is 10.0 Å². The maximum atomic E-state index is 12.0. The van der Waals surface area contributed by atoms with Gasteiger partial charge in [0.15, 0.2) is 0 Å². The van der Waals surface area contributed by atoms with Crippen LogP contribution in [0.1, 0.15) is 18.2 Å². The van der Waals surface area contributed by atoms with Crippen LogP contribution in [0.3, 0.4) is 0 Å². The van der Waals surface area contributed by atoms with Crippen molar-refractivity contribution in [3.8, 4) is 0 Å². The summed E-state index contributed by atoms with van der Waals surface area (Å²) in [5.41, 5.74) is 0.731. The molecule has 19 heavy (non-hydrogen) atoms. The molecule has 1 N–H and O–H groups in total. The van der Waals surface area contributed by atoms with E-state index in [-0.39, 0.29) is 4.90 Å². The van der Waals surface area contributed by atoms with Crippen molar-refractivity contribution in [1.82, 2.24) is 4.83 Å². The van der Waals surface area contributed by atoms with E-state index in [1.807, 2.05) is 24.4 Å². The molecule has 0 saturated heterocycles. The molecule has 0 aliphatic rings. The zero-order chi connectivity index (χ0) is 13.7. The number of thiophene rings is 1. The maximum Gasteiger partial charge on any atom is 0.276 e. The van der Waals surface area contributed by atoms with E-state index in [1.165, 1.54) is 23.5 Å². The summed E-state index contributed by atoms with van der Waals surface area (Å²) in [6.45, 7) is 1.94. The van der Waals surface area contributed by atoms with Gasteiger partial charge < -0.3 is 0 Å². The molecule has 0 spiro atoms. The number of rotatable bonds is 5. The molecular formula is C13H14N2O2S2. The summed E-state index contributed by atoms with van der Waals surface area (Å²) >= 11 is 1.54. The van der Waals surface area contributed by atoms with Gasteiger partial charge in [-0.25, -0.2) is 0 Å². The number of sulfonamides is 1. The van der Waals surface area contributed by atoms with Gasteiger partial charge in [0.2, 0.25) is 0 Å². The highest BCUT2D eigenvalue weighted by Crippen LogP contribution is 2.13. The summed E-state index contributed by atoms with van der Waals surface area (Å²) < 4.78 is 24.0. The Labute approximate surface area is 116 Å². The Kier molecular flexibility index (Phi) is 4.34. The minimum absolute atomic E-state index is 0.209. The van der Waals surface area contributed by atoms with Crippen LogP contribution in [0.25, 0.3) is 0 Å². The molecule has 0 fully saturated rings. The fraction of sp³-hybridized carbons (Fsp3) is 0.154. The van der Waals surface area contributed by atoms with E-state index >= 15 is 0 Å². The molecule has 2 rings (SSSR count). The standard InChI is InChI=1S/C13H14N2O2S2/c1-2-12(13-9-6-10-18-13)14-15-19(16,17)11-7-4-3-5-8-11/h3-10,15H,2H2,1H3/b14-12+. The lowest BCUT2D eigenvalue weighted by Gasteiger charge is -2.05. The highest BCUT2D eigenvalue weighted by Gasteiger charge is 2.12. The molecule has 1 heterocycles. The van der Waals surface area contributed by atoms with Gasteiger partial charge in [0.05, 0.1) is 15.5 Å². The first-order valence-electron chi connectivity index (χ1n) is 5.81. The van der Waals surface area contributed by atoms with E-state index in [9.17, 15) is 8.42 Å². The normalized spacial score (nSPS) is 12.4. The second-order valence-electron chi connectivity index (χ2n) is 3.80. The summed E-state index contributed by atoms with van der Waals surface area (Å²) in [5, 5.41) is 5.96. The van der Waals surface area contributed by atoms with Crippen molar-refractivity contribution in [3.63, 3.8) is 0 Å². The summed E-state index contributed by atoms with van der Waals surface area (Å²) in [7, 11) is -3.59. The molecule has 4 nitrogen and oxygen atoms in total. The molecule has 2 aromatic rings. The van der Waals surface area contributed by atoms with Gasteiger partial charge in [0.25, 0.3) is 10.0 Å². The zero-order valence-electron chi connectivity index (χ0n) is 10.4. The molecule has 100 valence electrons. The molecule has 6 heteroatoms. The highest BCUT2D eigenvalue weighted by molar-refractivity contribution is 7.89. The Morgan fingerprint density at radius 3 is 2.53 bits per heavy atom. The van der Waals surface area contributed by atoms with Gasteiger partial charge in [0.1, 0.15) is 0 Å². The Hall–Kier alpha value is -1.66. The van der Waals surface area contributed by atoms with E-state index in [4.69, 9.17) is 0 Å². The lowest BCUT2D eigenvalue weighted by molar-refractivity contribution is 0.584. The molecule has 0 amide bonds. The van der Waals surface area contributed by atoms with Gasteiger partial charge in [-0.1, -0.05) is 31.2 Å². The number of hydrogen-bond acceptors (Lipinski definition) is 4. The average molecular weight is 294 g/mol. The predicted octanol–water partition coefficient (Wildman–Crippen LogP) is 2.84. The first-order valence-corrected chi connectivity index (χ1v) is 8.17. The van der Waals surface area contributed by atoms with E-state index in [2.05, 4.69) is 9.93 Å². The maximum absolute atomic E-state index is 12.0. The monoisotopic (exact) mass is 294 g/mol. The minimum atomic E-state index is -3.59. The second-order valence-corrected chi connectivity index (χ2v) is 6.41. The lowest BCUT2D eigenvalue weighted by Crippen LogP contribution is -2.20. The van der Waals surface area contributed by atoms with Crippen LogP contribution in [-0.2, 0) is 10.0 Å². The summed E-state index contributed by atoms with van der Waals surface area (Å²) in [6, 6.07) is 12.0. The topological polar surface area (TPSA) is 58.5 Å². The fourth-order valence-corrected chi connectivity index (χ4v) is 3.16. The SMILES string of the molecule is CC/C(=N\NS(=O)(=O)c1ccccc1)c1cccs1. The van der Waals surface area contributed by atoms with Crippen LogP contribution in [0, 0.1) is 0 Å². The second kappa shape index (κ2) is 5.99. The third-order valence-electron chi connectivity index (χ3n) is 2.49. The molecule has 0 aliphatic heterocycles. The van der Waals surface area contributed by atoms with Crippen molar-refractivity contribution in [2.45, 2.75) is 18.2 Å². The molecule has 0 aliphatic carbocycles. The van der Waals surface area contributed by atoms with Gasteiger partial charge >= 0.3 is 0 Å². The highest BCUT2D eigenvalue weighted by atomic mass is 32.2. The van der Waals surface area contributed by atoms with Crippen LogP contribution in [0.2, 0.25) is 0 Å². The van der Waals surface area contributed by atoms with Crippen LogP contribution in [0.15, 0.2) is 57.8 Å². The average Bonchev–Trinajstić information content (AvgIpc) is 2.94. The van der Waals surface area contributed by atoms with Gasteiger partial charge in [0, 0.05) is 0 Å². The van der Waals surface area contributed by atoms with Crippen molar-refractivity contribution in [1.29, 1.82) is 0 Å². The number of nitrogens with zero attached hydrogens (tertiary/aromatic N) is 1. The summed E-state index contributed by atoms with van der Waals surface area (Å²) in [5.74, 6) is 0. The third kappa shape index (κ3) is 3.42. The first-order chi connectivity index (χ1) is 9.13. The van der Waals surface area contributed by atoms with Crippen molar-refractivity contribution in [3.05, 3.63) is 52.7 Å². The van der Waals surface area contributed by atoms with Gasteiger partial charge in [-0.05, 0) is 30.0 Å². The van der Waals surface area contributed by atoms with Gasteiger partial charge in [-0.2, -0.15) is 18.4 Å². The summed E-state index contributed by atoms with van der Waals surface area (Å²) in [4.78, 5) is 3.46. The van der Waals surface area contributed by atoms with Crippen LogP contribution < -0.4 is 4.83 Å². The molecule has 1 aromatic carbocycles. The van der Waals surface area contributed by atoms with Crippen molar-refractivity contribution < 1.29 is 8.42 Å². The molecule has 0 bridgehead atoms.